The standard InChI is InChI=1S/C24H21Cl2N5O8/c1-13-21(39-24(35)38-13)12-37-23(34)20(32)11-30(28-22(33)19-10-31(36)29-27-19)9-14-2-4-15(5-3-14)17-8-16(25)6-7-18(17)26/h2-8,10,20,32,36H,9,11-12H2,1H3,(H,28,33)/t20-/m1/s1. The van der Waals surface area contributed by atoms with E-state index in [1.54, 1.807) is 42.5 Å². The third kappa shape index (κ3) is 7.23. The lowest BCUT2D eigenvalue weighted by molar-refractivity contribution is -0.157. The number of aliphatic hydroxyl groups excluding tert-OH is 1. The van der Waals surface area contributed by atoms with Gasteiger partial charge in [-0.05, 0) is 41.5 Å². The fraction of sp³-hybridized carbons (Fsp3) is 0.208. The Labute approximate surface area is 230 Å². The predicted octanol–water partition coefficient (Wildman–Crippen LogP) is 2.60. The summed E-state index contributed by atoms with van der Waals surface area (Å²) in [6.07, 6.45) is -0.731. The SMILES string of the molecule is Cc1oc(=O)oc1COC(=O)[C@H](O)CN(Cc1ccc(-c2cc(Cl)ccc2Cl)cc1)NC(=O)c1cn(O)nn1. The highest BCUT2D eigenvalue weighted by Crippen LogP contribution is 2.30. The van der Waals surface area contributed by atoms with Crippen LogP contribution in [0.5, 0.6) is 0 Å². The average Bonchev–Trinajstić information content (AvgIpc) is 3.48. The fourth-order valence-corrected chi connectivity index (χ4v) is 3.86. The molecule has 0 spiro atoms. The van der Waals surface area contributed by atoms with Crippen molar-refractivity contribution in [2.75, 3.05) is 6.54 Å². The lowest BCUT2D eigenvalue weighted by Crippen LogP contribution is -2.47. The van der Waals surface area contributed by atoms with Gasteiger partial charge in [-0.25, -0.2) is 14.6 Å². The second-order valence-corrected chi connectivity index (χ2v) is 9.07. The van der Waals surface area contributed by atoms with Crippen LogP contribution >= 0.6 is 23.2 Å². The van der Waals surface area contributed by atoms with Crippen molar-refractivity contribution in [2.45, 2.75) is 26.2 Å². The van der Waals surface area contributed by atoms with Crippen molar-refractivity contribution in [2.24, 2.45) is 0 Å². The van der Waals surface area contributed by atoms with Crippen LogP contribution in [-0.4, -0.2) is 55.0 Å². The molecule has 0 aliphatic carbocycles. The number of amides is 1. The Kier molecular flexibility index (Phi) is 8.66. The lowest BCUT2D eigenvalue weighted by atomic mass is 10.0. The Morgan fingerprint density at radius 2 is 1.92 bits per heavy atom. The number of halogens is 2. The molecule has 15 heteroatoms. The van der Waals surface area contributed by atoms with Gasteiger partial charge in [-0.2, -0.15) is 0 Å². The minimum atomic E-state index is -1.71. The number of nitrogens with one attached hydrogen (secondary N) is 1. The number of ether oxygens (including phenoxy) is 1. The Hall–Kier alpha value is -4.17. The number of aliphatic hydroxyl groups is 1. The molecule has 0 fully saturated rings. The van der Waals surface area contributed by atoms with Crippen LogP contribution in [0.1, 0.15) is 27.6 Å². The van der Waals surface area contributed by atoms with Gasteiger partial charge in [0.05, 0.1) is 12.7 Å². The first kappa shape index (κ1) is 27.9. The number of esters is 1. The molecule has 13 nitrogen and oxygen atoms in total. The van der Waals surface area contributed by atoms with Gasteiger partial charge >= 0.3 is 11.8 Å². The van der Waals surface area contributed by atoms with Crippen LogP contribution < -0.4 is 11.2 Å². The van der Waals surface area contributed by atoms with Crippen molar-refractivity contribution in [1.29, 1.82) is 0 Å². The molecule has 0 saturated heterocycles. The average molecular weight is 578 g/mol. The number of aromatic nitrogens is 3. The highest BCUT2D eigenvalue weighted by atomic mass is 35.5. The van der Waals surface area contributed by atoms with E-state index in [0.717, 1.165) is 17.3 Å². The van der Waals surface area contributed by atoms with E-state index < -0.39 is 37.0 Å². The van der Waals surface area contributed by atoms with Crippen LogP contribution in [-0.2, 0) is 22.7 Å². The zero-order valence-electron chi connectivity index (χ0n) is 20.2. The quantitative estimate of drug-likeness (QED) is 0.143. The van der Waals surface area contributed by atoms with E-state index in [4.69, 9.17) is 36.8 Å². The van der Waals surface area contributed by atoms with Gasteiger partial charge in [-0.1, -0.05) is 52.3 Å². The van der Waals surface area contributed by atoms with E-state index in [2.05, 4.69) is 15.7 Å². The number of hydrogen-bond acceptors (Lipinski definition) is 11. The Morgan fingerprint density at radius 1 is 1.18 bits per heavy atom. The molecule has 1 atom stereocenters. The molecule has 204 valence electrons. The van der Waals surface area contributed by atoms with Gasteiger partial charge in [-0.15, -0.1) is 5.10 Å². The predicted molar refractivity (Wildman–Crippen MR) is 135 cm³/mol. The molecule has 4 rings (SSSR count). The molecule has 0 aliphatic rings. The first-order valence-corrected chi connectivity index (χ1v) is 12.0. The zero-order valence-corrected chi connectivity index (χ0v) is 21.7. The number of aryl methyl sites for hydroxylation is 1. The Bertz CT molecular complexity index is 1530. The minimum Gasteiger partial charge on any atom is -0.455 e. The molecule has 0 aliphatic heterocycles. The normalized spacial score (nSPS) is 11.9. The lowest BCUT2D eigenvalue weighted by Gasteiger charge is -2.24. The summed E-state index contributed by atoms with van der Waals surface area (Å²) >= 11 is 12.4. The van der Waals surface area contributed by atoms with Crippen LogP contribution in [0.2, 0.25) is 10.0 Å². The summed E-state index contributed by atoms with van der Waals surface area (Å²) < 4.78 is 14.5. The van der Waals surface area contributed by atoms with E-state index in [9.17, 15) is 24.7 Å². The van der Waals surface area contributed by atoms with Crippen LogP contribution in [0.3, 0.4) is 0 Å². The van der Waals surface area contributed by atoms with Gasteiger partial charge in [-0.3, -0.25) is 10.2 Å². The van der Waals surface area contributed by atoms with Gasteiger partial charge in [0, 0.05) is 22.2 Å². The molecular formula is C24H21Cl2N5O8. The second-order valence-electron chi connectivity index (χ2n) is 8.22. The minimum absolute atomic E-state index is 0.00213. The molecule has 0 saturated carbocycles. The monoisotopic (exact) mass is 577 g/mol. The van der Waals surface area contributed by atoms with E-state index in [-0.39, 0.29) is 23.8 Å². The van der Waals surface area contributed by atoms with Crippen LogP contribution in [0, 0.1) is 6.92 Å². The molecule has 3 N–H and O–H groups in total. The number of hydrazine groups is 1. The number of carbonyl (C=O) groups excluding carboxylic acids is 2. The summed E-state index contributed by atoms with van der Waals surface area (Å²) in [7, 11) is 0. The maximum absolute atomic E-state index is 12.6. The van der Waals surface area contributed by atoms with Crippen molar-refractivity contribution in [1.82, 2.24) is 25.6 Å². The molecule has 2 heterocycles. The molecule has 4 aromatic rings. The summed E-state index contributed by atoms with van der Waals surface area (Å²) in [6, 6.07) is 12.2. The molecule has 0 bridgehead atoms. The summed E-state index contributed by atoms with van der Waals surface area (Å²) in [5.74, 6) is -2.61. The van der Waals surface area contributed by atoms with Crippen LogP contribution in [0.4, 0.5) is 0 Å². The number of benzene rings is 2. The molecule has 0 radical (unpaired) electrons. The van der Waals surface area contributed by atoms with Crippen molar-refractivity contribution < 1.29 is 33.5 Å². The number of nitrogens with zero attached hydrogens (tertiary/aromatic N) is 4. The van der Waals surface area contributed by atoms with Gasteiger partial charge in [0.25, 0.3) is 5.91 Å². The van der Waals surface area contributed by atoms with Crippen molar-refractivity contribution in [3.8, 4) is 11.1 Å². The summed E-state index contributed by atoms with van der Waals surface area (Å²) in [6.45, 7) is 0.666. The molecule has 2 aromatic carbocycles. The highest BCUT2D eigenvalue weighted by Gasteiger charge is 2.24. The van der Waals surface area contributed by atoms with Crippen molar-refractivity contribution >= 4 is 35.1 Å². The van der Waals surface area contributed by atoms with Gasteiger partial charge in [0.15, 0.2) is 29.9 Å². The zero-order chi connectivity index (χ0) is 28.1. The highest BCUT2D eigenvalue weighted by molar-refractivity contribution is 6.35. The molecule has 0 unspecified atom stereocenters. The van der Waals surface area contributed by atoms with E-state index in [0.29, 0.717) is 20.5 Å². The first-order valence-electron chi connectivity index (χ1n) is 11.2. The summed E-state index contributed by atoms with van der Waals surface area (Å²) in [4.78, 5) is 36.5. The molecule has 2 aromatic heterocycles. The van der Waals surface area contributed by atoms with Crippen molar-refractivity contribution in [3.05, 3.63) is 92.1 Å². The van der Waals surface area contributed by atoms with E-state index in [1.165, 1.54) is 11.9 Å². The van der Waals surface area contributed by atoms with E-state index >= 15 is 0 Å². The largest absolute Gasteiger partial charge is 0.519 e. The third-order valence-corrected chi connectivity index (χ3v) is 5.95. The van der Waals surface area contributed by atoms with Gasteiger partial charge in [0.1, 0.15) is 0 Å². The third-order valence-electron chi connectivity index (χ3n) is 5.39. The number of hydrogen-bond donors (Lipinski definition) is 3. The summed E-state index contributed by atoms with van der Waals surface area (Å²) in [5, 5.41) is 28.9. The Balaban J connectivity index is 1.47. The molecular weight excluding hydrogens is 557 g/mol. The second kappa shape index (κ2) is 12.1. The number of carbonyl (C=O) groups is 2. The van der Waals surface area contributed by atoms with Crippen LogP contribution in [0.25, 0.3) is 11.1 Å². The summed E-state index contributed by atoms with van der Waals surface area (Å²) in [5.41, 5.74) is 4.53. The van der Waals surface area contributed by atoms with Crippen LogP contribution in [0.15, 0.2) is 62.3 Å². The maximum atomic E-state index is 12.6. The van der Waals surface area contributed by atoms with Gasteiger partial charge in [0.2, 0.25) is 0 Å². The number of rotatable bonds is 10. The van der Waals surface area contributed by atoms with Crippen molar-refractivity contribution in [3.63, 3.8) is 0 Å². The van der Waals surface area contributed by atoms with E-state index in [1.807, 2.05) is 0 Å². The smallest absolute Gasteiger partial charge is 0.455 e. The van der Waals surface area contributed by atoms with Gasteiger partial charge < -0.3 is 23.9 Å². The molecule has 1 amide bonds. The topological polar surface area (TPSA) is 173 Å². The molecule has 39 heavy (non-hydrogen) atoms. The maximum Gasteiger partial charge on any atom is 0.519 e. The fourth-order valence-electron chi connectivity index (χ4n) is 3.46. The Morgan fingerprint density at radius 3 is 2.56 bits per heavy atom. The first-order chi connectivity index (χ1) is 18.6.